The van der Waals surface area contributed by atoms with E-state index in [1.165, 1.54) is 13.0 Å². The van der Waals surface area contributed by atoms with Gasteiger partial charge in [-0.2, -0.15) is 0 Å². The largest absolute Gasteiger partial charge is 0.349 e. The molecule has 1 saturated heterocycles. The molecule has 39 valence electrons. The molecule has 1 nitrogen and oxygen atoms in total. The summed E-state index contributed by atoms with van der Waals surface area (Å²) in [6.07, 6.45) is 1.31. The van der Waals surface area contributed by atoms with Gasteiger partial charge in [0.1, 0.15) is 0 Å². The molecule has 7 heavy (non-hydrogen) atoms. The van der Waals surface area contributed by atoms with Gasteiger partial charge in [-0.3, -0.25) is 0 Å². The lowest BCUT2D eigenvalue weighted by atomic mass is 9.63. The predicted octanol–water partition coefficient (Wildman–Crippen LogP) is 0.749. The predicted molar refractivity (Wildman–Crippen MR) is 32.4 cm³/mol. The third kappa shape index (κ3) is 0.971. The Kier molecular flexibility index (Phi) is 1.38. The summed E-state index contributed by atoms with van der Waals surface area (Å²) in [5, 5.41) is 0. The van der Waals surface area contributed by atoms with Crippen molar-refractivity contribution in [1.29, 1.82) is 0 Å². The van der Waals surface area contributed by atoms with Crippen LogP contribution < -0.4 is 0 Å². The number of nitrogens with zero attached hydrogens (tertiary/aromatic N) is 1. The first-order valence-corrected chi connectivity index (χ1v) is 2.88. The van der Waals surface area contributed by atoms with E-state index in [1.54, 1.807) is 0 Å². The number of rotatable bonds is 1. The standard InChI is InChI=1S/C5H11BN/c1-3-5-4-7(2)6-5/h5H,3-4H2,1-2H3. The van der Waals surface area contributed by atoms with Gasteiger partial charge in [-0.15, -0.1) is 0 Å². The Morgan fingerprint density at radius 2 is 2.43 bits per heavy atom. The summed E-state index contributed by atoms with van der Waals surface area (Å²) in [4.78, 5) is 2.23. The second-order valence-electron chi connectivity index (χ2n) is 2.26. The van der Waals surface area contributed by atoms with Crippen LogP contribution in [0.15, 0.2) is 0 Å². The molecule has 1 unspecified atom stereocenters. The van der Waals surface area contributed by atoms with E-state index >= 15 is 0 Å². The third-order valence-corrected chi connectivity index (χ3v) is 1.51. The van der Waals surface area contributed by atoms with Crippen LogP contribution in [0.1, 0.15) is 13.3 Å². The summed E-state index contributed by atoms with van der Waals surface area (Å²) in [6, 6.07) is 0. The minimum Gasteiger partial charge on any atom is -0.349 e. The second-order valence-corrected chi connectivity index (χ2v) is 2.26. The van der Waals surface area contributed by atoms with Crippen molar-refractivity contribution in [1.82, 2.24) is 4.81 Å². The molecule has 0 spiro atoms. The van der Waals surface area contributed by atoms with Crippen LogP contribution in [0.5, 0.6) is 0 Å². The van der Waals surface area contributed by atoms with E-state index in [9.17, 15) is 0 Å². The van der Waals surface area contributed by atoms with Crippen molar-refractivity contribution in [3.63, 3.8) is 0 Å². The summed E-state index contributed by atoms with van der Waals surface area (Å²) in [5.74, 6) is 0.894. The van der Waals surface area contributed by atoms with Crippen LogP contribution in [0.3, 0.4) is 0 Å². The lowest BCUT2D eigenvalue weighted by Gasteiger charge is -2.33. The first kappa shape index (κ1) is 5.17. The summed E-state index contributed by atoms with van der Waals surface area (Å²) in [6.45, 7) is 3.50. The number of hydrogen-bond donors (Lipinski definition) is 0. The zero-order valence-electron chi connectivity index (χ0n) is 5.02. The molecule has 2 heteroatoms. The van der Waals surface area contributed by atoms with Gasteiger partial charge in [0.2, 0.25) is 7.41 Å². The van der Waals surface area contributed by atoms with Crippen LogP contribution in [0, 0.1) is 0 Å². The molecule has 1 heterocycles. The first-order valence-electron chi connectivity index (χ1n) is 2.88. The molecule has 0 aromatic rings. The van der Waals surface area contributed by atoms with Crippen molar-refractivity contribution in [2.45, 2.75) is 19.2 Å². The third-order valence-electron chi connectivity index (χ3n) is 1.51. The second kappa shape index (κ2) is 1.87. The van der Waals surface area contributed by atoms with E-state index in [1.807, 2.05) is 0 Å². The van der Waals surface area contributed by atoms with Gasteiger partial charge in [-0.25, -0.2) is 0 Å². The molecule has 0 bridgehead atoms. The van der Waals surface area contributed by atoms with Gasteiger partial charge in [0, 0.05) is 0 Å². The molecule has 1 radical (unpaired) electrons. The van der Waals surface area contributed by atoms with Crippen LogP contribution in [0.4, 0.5) is 0 Å². The van der Waals surface area contributed by atoms with E-state index in [4.69, 9.17) is 0 Å². The van der Waals surface area contributed by atoms with Crippen LogP contribution in [0.2, 0.25) is 5.82 Å². The quantitative estimate of drug-likeness (QED) is 0.435. The maximum atomic E-state index is 2.28. The van der Waals surface area contributed by atoms with Crippen LogP contribution in [-0.2, 0) is 0 Å². The van der Waals surface area contributed by atoms with E-state index in [-0.39, 0.29) is 0 Å². The molecular weight excluding hydrogens is 84.9 g/mol. The molecule has 0 aromatic heterocycles. The molecular formula is C5H11BN. The van der Waals surface area contributed by atoms with Crippen molar-refractivity contribution in [2.75, 3.05) is 13.6 Å². The molecule has 1 rings (SSSR count). The number of hydrogen-bond acceptors (Lipinski definition) is 1. The van der Waals surface area contributed by atoms with Crippen molar-refractivity contribution >= 4 is 7.41 Å². The molecule has 0 N–H and O–H groups in total. The van der Waals surface area contributed by atoms with Gasteiger partial charge < -0.3 is 4.81 Å². The lowest BCUT2D eigenvalue weighted by molar-refractivity contribution is 0.424. The Balaban J connectivity index is 2.06. The fourth-order valence-electron chi connectivity index (χ4n) is 0.934. The summed E-state index contributed by atoms with van der Waals surface area (Å²) < 4.78 is 0. The van der Waals surface area contributed by atoms with Crippen molar-refractivity contribution < 1.29 is 0 Å². The minimum absolute atomic E-state index is 0.894. The fourth-order valence-corrected chi connectivity index (χ4v) is 0.934. The topological polar surface area (TPSA) is 3.24 Å². The Morgan fingerprint density at radius 3 is 2.57 bits per heavy atom. The van der Waals surface area contributed by atoms with Crippen LogP contribution in [-0.4, -0.2) is 25.8 Å². The van der Waals surface area contributed by atoms with Gasteiger partial charge in [0.15, 0.2) is 0 Å². The van der Waals surface area contributed by atoms with Gasteiger partial charge in [0.25, 0.3) is 0 Å². The van der Waals surface area contributed by atoms with Gasteiger partial charge in [0.05, 0.1) is 0 Å². The molecule has 0 amide bonds. The maximum absolute atomic E-state index is 2.28. The lowest BCUT2D eigenvalue weighted by Crippen LogP contribution is -2.42. The Bertz CT molecular complexity index is 59.1. The van der Waals surface area contributed by atoms with Crippen molar-refractivity contribution in [3.8, 4) is 0 Å². The Labute approximate surface area is 46.0 Å². The highest BCUT2D eigenvalue weighted by atomic mass is 15.1. The van der Waals surface area contributed by atoms with Gasteiger partial charge >= 0.3 is 0 Å². The SMILES string of the molecule is CCC1[B]N(C)C1. The van der Waals surface area contributed by atoms with Crippen molar-refractivity contribution in [2.24, 2.45) is 0 Å². The highest BCUT2D eigenvalue weighted by Gasteiger charge is 2.22. The smallest absolute Gasteiger partial charge is 0.212 e. The summed E-state index contributed by atoms with van der Waals surface area (Å²) in [7, 11) is 4.39. The molecule has 1 aliphatic rings. The average molecular weight is 96.0 g/mol. The zero-order valence-corrected chi connectivity index (χ0v) is 5.02. The van der Waals surface area contributed by atoms with Crippen molar-refractivity contribution in [3.05, 3.63) is 0 Å². The molecule has 0 aliphatic carbocycles. The first-order chi connectivity index (χ1) is 3.33. The fraction of sp³-hybridized carbons (Fsp3) is 1.00. The molecule has 1 aliphatic heterocycles. The molecule has 0 aromatic carbocycles. The van der Waals surface area contributed by atoms with E-state index < -0.39 is 0 Å². The minimum atomic E-state index is 0.894. The van der Waals surface area contributed by atoms with E-state index in [0.29, 0.717) is 0 Å². The highest BCUT2D eigenvalue weighted by molar-refractivity contribution is 6.37. The van der Waals surface area contributed by atoms with Gasteiger partial charge in [-0.05, 0) is 19.4 Å². The molecule has 0 saturated carbocycles. The Hall–Kier alpha value is 0.0249. The molecule has 1 fully saturated rings. The zero-order chi connectivity index (χ0) is 5.28. The van der Waals surface area contributed by atoms with E-state index in [0.717, 1.165) is 5.82 Å². The van der Waals surface area contributed by atoms with E-state index in [2.05, 4.69) is 26.2 Å². The van der Waals surface area contributed by atoms with Crippen LogP contribution in [0.25, 0.3) is 0 Å². The average Bonchev–Trinajstić information content (AvgIpc) is 1.58. The Morgan fingerprint density at radius 1 is 1.86 bits per heavy atom. The summed E-state index contributed by atoms with van der Waals surface area (Å²) in [5.41, 5.74) is 0. The highest BCUT2D eigenvalue weighted by Crippen LogP contribution is 2.19. The monoisotopic (exact) mass is 96.1 g/mol. The van der Waals surface area contributed by atoms with Crippen LogP contribution >= 0.6 is 0 Å². The molecule has 1 atom stereocenters. The van der Waals surface area contributed by atoms with Gasteiger partial charge in [-0.1, -0.05) is 13.3 Å². The normalized spacial score (nSPS) is 31.4. The maximum Gasteiger partial charge on any atom is 0.212 e. The summed E-state index contributed by atoms with van der Waals surface area (Å²) >= 11 is 0.